The fourth-order valence-corrected chi connectivity index (χ4v) is 1.93. The number of imide groups is 1. The smallest absolute Gasteiger partial charge is 0.246 e. The molecular weight excluding hydrogens is 216 g/mol. The van der Waals surface area contributed by atoms with E-state index in [9.17, 15) is 9.59 Å². The Balaban J connectivity index is 2.29. The molecule has 1 aliphatic heterocycles. The lowest BCUT2D eigenvalue weighted by Gasteiger charge is -2.14. The third-order valence-electron chi connectivity index (χ3n) is 2.83. The Labute approximate surface area is 103 Å². The second kappa shape index (κ2) is 7.08. The molecule has 4 heteroatoms. The Morgan fingerprint density at radius 2 is 2.24 bits per heavy atom. The SMILES string of the molecule is C#CCCCCNC1CC(=O)N(CCC)C1=O. The molecule has 0 radical (unpaired) electrons. The van der Waals surface area contributed by atoms with Gasteiger partial charge in [0.05, 0.1) is 12.5 Å². The van der Waals surface area contributed by atoms with Crippen LogP contribution in [0, 0.1) is 12.3 Å². The predicted molar refractivity (Wildman–Crippen MR) is 66.1 cm³/mol. The quantitative estimate of drug-likeness (QED) is 0.406. The summed E-state index contributed by atoms with van der Waals surface area (Å²) in [5.41, 5.74) is 0. The molecule has 0 bridgehead atoms. The van der Waals surface area contributed by atoms with Gasteiger partial charge in [-0.05, 0) is 25.8 Å². The fourth-order valence-electron chi connectivity index (χ4n) is 1.93. The first-order valence-electron chi connectivity index (χ1n) is 6.21. The molecule has 1 N–H and O–H groups in total. The first-order valence-corrected chi connectivity index (χ1v) is 6.21. The molecule has 0 aliphatic carbocycles. The fraction of sp³-hybridized carbons (Fsp3) is 0.692. The highest BCUT2D eigenvalue weighted by Crippen LogP contribution is 2.13. The third-order valence-corrected chi connectivity index (χ3v) is 2.83. The molecule has 2 amide bonds. The standard InChI is InChI=1S/C13H20N2O2/c1-3-5-6-7-8-14-11-10-12(16)15(9-4-2)13(11)17/h1,11,14H,4-10H2,2H3. The lowest BCUT2D eigenvalue weighted by Crippen LogP contribution is -2.39. The highest BCUT2D eigenvalue weighted by Gasteiger charge is 2.37. The van der Waals surface area contributed by atoms with Gasteiger partial charge >= 0.3 is 0 Å². The van der Waals surface area contributed by atoms with Crippen molar-refractivity contribution in [3.05, 3.63) is 0 Å². The number of hydrogen-bond donors (Lipinski definition) is 1. The maximum atomic E-state index is 11.8. The predicted octanol–water partition coefficient (Wildman–Crippen LogP) is 0.917. The molecule has 0 aromatic rings. The molecule has 1 unspecified atom stereocenters. The van der Waals surface area contributed by atoms with Crippen LogP contribution in [0.2, 0.25) is 0 Å². The zero-order valence-corrected chi connectivity index (χ0v) is 10.4. The van der Waals surface area contributed by atoms with Crippen LogP contribution in [0.5, 0.6) is 0 Å². The van der Waals surface area contributed by atoms with Crippen LogP contribution >= 0.6 is 0 Å². The van der Waals surface area contributed by atoms with E-state index in [0.717, 1.165) is 32.2 Å². The van der Waals surface area contributed by atoms with Crippen LogP contribution in [0.25, 0.3) is 0 Å². The molecule has 1 fully saturated rings. The number of rotatable bonds is 7. The minimum absolute atomic E-state index is 0.0574. The minimum atomic E-state index is -0.320. The molecule has 0 aromatic carbocycles. The number of carbonyl (C=O) groups excluding carboxylic acids is 2. The number of nitrogens with one attached hydrogen (secondary N) is 1. The maximum Gasteiger partial charge on any atom is 0.246 e. The number of amides is 2. The molecule has 0 spiro atoms. The van der Waals surface area contributed by atoms with E-state index in [0.29, 0.717) is 13.0 Å². The second-order valence-corrected chi connectivity index (χ2v) is 4.26. The van der Waals surface area contributed by atoms with Crippen LogP contribution in [0.4, 0.5) is 0 Å². The summed E-state index contributed by atoms with van der Waals surface area (Å²) >= 11 is 0. The molecule has 17 heavy (non-hydrogen) atoms. The van der Waals surface area contributed by atoms with Crippen molar-refractivity contribution in [2.45, 2.75) is 45.1 Å². The van der Waals surface area contributed by atoms with Crippen molar-refractivity contribution in [1.82, 2.24) is 10.2 Å². The molecule has 4 nitrogen and oxygen atoms in total. The Morgan fingerprint density at radius 1 is 1.47 bits per heavy atom. The van der Waals surface area contributed by atoms with Crippen molar-refractivity contribution in [3.63, 3.8) is 0 Å². The maximum absolute atomic E-state index is 11.8. The van der Waals surface area contributed by atoms with E-state index < -0.39 is 0 Å². The van der Waals surface area contributed by atoms with E-state index in [2.05, 4.69) is 11.2 Å². The summed E-state index contributed by atoms with van der Waals surface area (Å²) in [6.45, 7) is 3.24. The number of terminal acetylenes is 1. The summed E-state index contributed by atoms with van der Waals surface area (Å²) < 4.78 is 0. The van der Waals surface area contributed by atoms with Crippen molar-refractivity contribution in [3.8, 4) is 12.3 Å². The van der Waals surface area contributed by atoms with Gasteiger partial charge in [0.25, 0.3) is 0 Å². The Morgan fingerprint density at radius 3 is 2.88 bits per heavy atom. The minimum Gasteiger partial charge on any atom is -0.305 e. The molecule has 0 saturated carbocycles. The topological polar surface area (TPSA) is 49.4 Å². The van der Waals surface area contributed by atoms with E-state index in [1.54, 1.807) is 0 Å². The number of likely N-dealkylation sites (tertiary alicyclic amines) is 1. The Hall–Kier alpha value is -1.34. The molecule has 0 aromatic heterocycles. The Bertz CT molecular complexity index is 320. The van der Waals surface area contributed by atoms with Crippen molar-refractivity contribution in [1.29, 1.82) is 0 Å². The summed E-state index contributed by atoms with van der Waals surface area (Å²) in [6.07, 6.45) is 8.92. The molecule has 1 rings (SSSR count). The second-order valence-electron chi connectivity index (χ2n) is 4.26. The summed E-state index contributed by atoms with van der Waals surface area (Å²) in [5, 5.41) is 3.13. The normalized spacial score (nSPS) is 19.8. The highest BCUT2D eigenvalue weighted by molar-refractivity contribution is 6.05. The molecule has 1 heterocycles. The van der Waals surface area contributed by atoms with E-state index in [1.165, 1.54) is 4.90 Å². The van der Waals surface area contributed by atoms with Crippen molar-refractivity contribution in [2.75, 3.05) is 13.1 Å². The van der Waals surface area contributed by atoms with Crippen molar-refractivity contribution in [2.24, 2.45) is 0 Å². The van der Waals surface area contributed by atoms with Crippen LogP contribution in [-0.4, -0.2) is 35.8 Å². The summed E-state index contributed by atoms with van der Waals surface area (Å²) in [7, 11) is 0. The number of hydrogen-bond acceptors (Lipinski definition) is 3. The largest absolute Gasteiger partial charge is 0.305 e. The van der Waals surface area contributed by atoms with Gasteiger partial charge in [0.1, 0.15) is 0 Å². The van der Waals surface area contributed by atoms with E-state index in [-0.39, 0.29) is 17.9 Å². The number of nitrogens with zero attached hydrogens (tertiary/aromatic N) is 1. The van der Waals surface area contributed by atoms with Crippen molar-refractivity contribution < 1.29 is 9.59 Å². The lowest BCUT2D eigenvalue weighted by molar-refractivity contribution is -0.138. The molecule has 1 saturated heterocycles. The Kier molecular flexibility index (Phi) is 5.71. The summed E-state index contributed by atoms with van der Waals surface area (Å²) in [5.74, 6) is 2.45. The molecular formula is C13H20N2O2. The van der Waals surface area contributed by atoms with Gasteiger partial charge in [-0.3, -0.25) is 14.5 Å². The highest BCUT2D eigenvalue weighted by atomic mass is 16.2. The summed E-state index contributed by atoms with van der Waals surface area (Å²) in [4.78, 5) is 24.8. The molecule has 94 valence electrons. The lowest BCUT2D eigenvalue weighted by atomic mass is 10.2. The van der Waals surface area contributed by atoms with Gasteiger partial charge in [-0.2, -0.15) is 0 Å². The van der Waals surface area contributed by atoms with Gasteiger partial charge in [0, 0.05) is 13.0 Å². The van der Waals surface area contributed by atoms with Crippen LogP contribution in [0.3, 0.4) is 0 Å². The zero-order chi connectivity index (χ0) is 12.7. The van der Waals surface area contributed by atoms with E-state index >= 15 is 0 Å². The first-order chi connectivity index (χ1) is 8.20. The zero-order valence-electron chi connectivity index (χ0n) is 10.4. The van der Waals surface area contributed by atoms with Gasteiger partial charge < -0.3 is 5.32 Å². The van der Waals surface area contributed by atoms with Crippen LogP contribution in [0.15, 0.2) is 0 Å². The van der Waals surface area contributed by atoms with E-state index in [1.807, 2.05) is 6.92 Å². The van der Waals surface area contributed by atoms with E-state index in [4.69, 9.17) is 6.42 Å². The van der Waals surface area contributed by atoms with Crippen LogP contribution in [0.1, 0.15) is 39.0 Å². The molecule has 1 atom stereocenters. The third kappa shape index (κ3) is 3.86. The van der Waals surface area contributed by atoms with Gasteiger partial charge in [-0.15, -0.1) is 12.3 Å². The summed E-state index contributed by atoms with van der Waals surface area (Å²) in [6, 6.07) is -0.320. The average Bonchev–Trinajstić information content (AvgIpc) is 2.57. The van der Waals surface area contributed by atoms with Gasteiger partial charge in [0.15, 0.2) is 0 Å². The number of carbonyl (C=O) groups is 2. The van der Waals surface area contributed by atoms with Gasteiger partial charge in [0.2, 0.25) is 11.8 Å². The van der Waals surface area contributed by atoms with Gasteiger partial charge in [-0.1, -0.05) is 6.92 Å². The number of unbranched alkanes of at least 4 members (excludes halogenated alkanes) is 2. The monoisotopic (exact) mass is 236 g/mol. The molecule has 1 aliphatic rings. The van der Waals surface area contributed by atoms with Crippen LogP contribution in [-0.2, 0) is 9.59 Å². The van der Waals surface area contributed by atoms with Crippen molar-refractivity contribution >= 4 is 11.8 Å². The first kappa shape index (κ1) is 13.7. The average molecular weight is 236 g/mol. The van der Waals surface area contributed by atoms with Gasteiger partial charge in [-0.25, -0.2) is 0 Å². The van der Waals surface area contributed by atoms with Crippen LogP contribution < -0.4 is 5.32 Å².